The van der Waals surface area contributed by atoms with Crippen LogP contribution in [0.1, 0.15) is 42.3 Å². The normalized spacial score (nSPS) is 18.3. The van der Waals surface area contributed by atoms with Crippen molar-refractivity contribution in [3.63, 3.8) is 0 Å². The van der Waals surface area contributed by atoms with Crippen LogP contribution in [0.2, 0.25) is 0 Å². The van der Waals surface area contributed by atoms with Gasteiger partial charge >= 0.3 is 0 Å². The van der Waals surface area contributed by atoms with Gasteiger partial charge in [-0.2, -0.15) is 5.10 Å². The first-order valence-corrected chi connectivity index (χ1v) is 8.77. The molecule has 4 rings (SSSR count). The van der Waals surface area contributed by atoms with E-state index in [0.717, 1.165) is 48.8 Å². The maximum absolute atomic E-state index is 14.1. The zero-order valence-electron chi connectivity index (χ0n) is 14.5. The molecule has 1 aliphatic rings. The van der Waals surface area contributed by atoms with Crippen molar-refractivity contribution >= 4 is 0 Å². The fourth-order valence-corrected chi connectivity index (χ4v) is 3.63. The van der Waals surface area contributed by atoms with Crippen molar-refractivity contribution in [3.05, 3.63) is 59.0 Å². The third kappa shape index (κ3) is 3.14. The van der Waals surface area contributed by atoms with Gasteiger partial charge in [0, 0.05) is 18.2 Å². The average molecular weight is 358 g/mol. The molecule has 0 unspecified atom stereocenters. The lowest BCUT2D eigenvalue weighted by Gasteiger charge is -2.35. The van der Waals surface area contributed by atoms with Crippen LogP contribution in [0.15, 0.2) is 35.0 Å². The van der Waals surface area contributed by atoms with Crippen LogP contribution in [-0.4, -0.2) is 26.8 Å². The average Bonchev–Trinajstić information content (AvgIpc) is 3.28. The van der Waals surface area contributed by atoms with Crippen LogP contribution in [0.4, 0.5) is 8.78 Å². The lowest BCUT2D eigenvalue weighted by Crippen LogP contribution is -2.33. The molecule has 1 aliphatic heterocycles. The van der Waals surface area contributed by atoms with Gasteiger partial charge in [0.1, 0.15) is 0 Å². The number of hydrogen-bond donors (Lipinski definition) is 1. The highest BCUT2D eigenvalue weighted by atomic mass is 19.2. The minimum atomic E-state index is -0.810. The van der Waals surface area contributed by atoms with E-state index in [4.69, 9.17) is 4.52 Å². The number of nitrogens with zero attached hydrogens (tertiary/aromatic N) is 3. The van der Waals surface area contributed by atoms with Crippen LogP contribution in [0.5, 0.6) is 0 Å². The number of aromatic nitrogens is 3. The van der Waals surface area contributed by atoms with E-state index in [2.05, 4.69) is 20.3 Å². The van der Waals surface area contributed by atoms with E-state index in [0.29, 0.717) is 17.9 Å². The molecule has 1 fully saturated rings. The van der Waals surface area contributed by atoms with Gasteiger partial charge in [0.2, 0.25) is 0 Å². The second-order valence-electron chi connectivity index (χ2n) is 6.72. The SMILES string of the molecule is Cc1cc(-c2cn[nH]c2[C@@H]2CCCCN2Cc2cccc(F)c2F)on1. The number of H-pyrrole nitrogens is 1. The Morgan fingerprint density at radius 3 is 3.00 bits per heavy atom. The summed E-state index contributed by atoms with van der Waals surface area (Å²) in [7, 11) is 0. The van der Waals surface area contributed by atoms with E-state index in [1.807, 2.05) is 13.0 Å². The summed E-state index contributed by atoms with van der Waals surface area (Å²) < 4.78 is 33.1. The standard InChI is InChI=1S/C19H20F2N4O/c1-12-9-17(26-24-12)14-10-22-23-19(14)16-7-2-3-8-25(16)11-13-5-4-6-15(20)18(13)21/h4-6,9-10,16H,2-3,7-8,11H2,1H3,(H,22,23)/t16-/m0/s1. The quantitative estimate of drug-likeness (QED) is 0.752. The van der Waals surface area contributed by atoms with Crippen molar-refractivity contribution in [1.29, 1.82) is 0 Å². The number of halogens is 2. The number of aromatic amines is 1. The van der Waals surface area contributed by atoms with Crippen LogP contribution in [-0.2, 0) is 6.54 Å². The predicted octanol–water partition coefficient (Wildman–Crippen LogP) is 4.38. The molecule has 2 aromatic heterocycles. The van der Waals surface area contributed by atoms with E-state index in [9.17, 15) is 8.78 Å². The minimum Gasteiger partial charge on any atom is -0.356 e. The topological polar surface area (TPSA) is 58.0 Å². The summed E-state index contributed by atoms with van der Waals surface area (Å²) in [5, 5.41) is 11.2. The molecule has 0 spiro atoms. The lowest BCUT2D eigenvalue weighted by atomic mass is 9.95. The molecule has 0 aliphatic carbocycles. The molecule has 7 heteroatoms. The molecule has 3 heterocycles. The summed E-state index contributed by atoms with van der Waals surface area (Å²) in [5.74, 6) is -0.920. The Morgan fingerprint density at radius 1 is 1.31 bits per heavy atom. The summed E-state index contributed by atoms with van der Waals surface area (Å²) in [6.07, 6.45) is 4.74. The minimum absolute atomic E-state index is 0.0364. The second kappa shape index (κ2) is 6.99. The number of rotatable bonds is 4. The molecule has 0 bridgehead atoms. The van der Waals surface area contributed by atoms with Crippen LogP contribution in [0.3, 0.4) is 0 Å². The maximum Gasteiger partial charge on any atom is 0.170 e. The van der Waals surface area contributed by atoms with E-state index in [-0.39, 0.29) is 6.04 Å². The highest BCUT2D eigenvalue weighted by molar-refractivity contribution is 5.60. The zero-order valence-corrected chi connectivity index (χ0v) is 14.5. The summed E-state index contributed by atoms with van der Waals surface area (Å²) in [4.78, 5) is 2.17. The molecule has 5 nitrogen and oxygen atoms in total. The molecule has 26 heavy (non-hydrogen) atoms. The fourth-order valence-electron chi connectivity index (χ4n) is 3.63. The first-order valence-electron chi connectivity index (χ1n) is 8.77. The smallest absolute Gasteiger partial charge is 0.170 e. The molecular formula is C19H20F2N4O. The fraction of sp³-hybridized carbons (Fsp3) is 0.368. The monoisotopic (exact) mass is 358 g/mol. The molecule has 1 N–H and O–H groups in total. The summed E-state index contributed by atoms with van der Waals surface area (Å²) >= 11 is 0. The second-order valence-corrected chi connectivity index (χ2v) is 6.72. The Kier molecular flexibility index (Phi) is 4.55. The largest absolute Gasteiger partial charge is 0.356 e. The van der Waals surface area contributed by atoms with Gasteiger partial charge in [-0.25, -0.2) is 8.78 Å². The Hall–Kier alpha value is -2.54. The van der Waals surface area contributed by atoms with Crippen LogP contribution in [0, 0.1) is 18.6 Å². The molecule has 0 amide bonds. The first-order chi connectivity index (χ1) is 12.6. The summed E-state index contributed by atoms with van der Waals surface area (Å²) in [5.41, 5.74) is 2.96. The van der Waals surface area contributed by atoms with Gasteiger partial charge in [-0.05, 0) is 32.4 Å². The maximum atomic E-state index is 14.1. The Labute approximate surface area is 150 Å². The Bertz CT molecular complexity index is 905. The van der Waals surface area contributed by atoms with E-state index >= 15 is 0 Å². The predicted molar refractivity (Wildman–Crippen MR) is 92.2 cm³/mol. The highest BCUT2D eigenvalue weighted by Crippen LogP contribution is 2.36. The highest BCUT2D eigenvalue weighted by Gasteiger charge is 2.29. The molecule has 1 atom stereocenters. The van der Waals surface area contributed by atoms with Crippen LogP contribution in [0.25, 0.3) is 11.3 Å². The molecule has 1 saturated heterocycles. The Balaban J connectivity index is 1.65. The number of aryl methyl sites for hydroxylation is 1. The van der Waals surface area contributed by atoms with Gasteiger partial charge < -0.3 is 4.52 Å². The van der Waals surface area contributed by atoms with Gasteiger partial charge in [-0.15, -0.1) is 0 Å². The van der Waals surface area contributed by atoms with Crippen molar-refractivity contribution in [3.8, 4) is 11.3 Å². The van der Waals surface area contributed by atoms with Crippen molar-refractivity contribution in [1.82, 2.24) is 20.3 Å². The van der Waals surface area contributed by atoms with Crippen molar-refractivity contribution in [2.75, 3.05) is 6.54 Å². The van der Waals surface area contributed by atoms with Crippen molar-refractivity contribution in [2.24, 2.45) is 0 Å². The number of piperidine rings is 1. The molecule has 1 aromatic carbocycles. The van der Waals surface area contributed by atoms with Gasteiger partial charge in [0.25, 0.3) is 0 Å². The van der Waals surface area contributed by atoms with E-state index in [1.165, 1.54) is 0 Å². The number of nitrogens with one attached hydrogen (secondary N) is 1. The van der Waals surface area contributed by atoms with Crippen molar-refractivity contribution in [2.45, 2.75) is 38.8 Å². The van der Waals surface area contributed by atoms with Gasteiger partial charge in [0.05, 0.1) is 29.2 Å². The van der Waals surface area contributed by atoms with Gasteiger partial charge in [-0.1, -0.05) is 23.7 Å². The summed E-state index contributed by atoms with van der Waals surface area (Å²) in [6, 6.07) is 6.23. The number of likely N-dealkylation sites (tertiary alicyclic amines) is 1. The lowest BCUT2D eigenvalue weighted by molar-refractivity contribution is 0.135. The van der Waals surface area contributed by atoms with Crippen molar-refractivity contribution < 1.29 is 13.3 Å². The van der Waals surface area contributed by atoms with E-state index in [1.54, 1.807) is 18.3 Å². The molecular weight excluding hydrogens is 338 g/mol. The molecule has 3 aromatic rings. The third-order valence-electron chi connectivity index (χ3n) is 4.91. The van der Waals surface area contributed by atoms with E-state index < -0.39 is 11.6 Å². The Morgan fingerprint density at radius 2 is 2.19 bits per heavy atom. The molecule has 0 saturated carbocycles. The van der Waals surface area contributed by atoms with Gasteiger partial charge in [-0.3, -0.25) is 10.00 Å². The third-order valence-corrected chi connectivity index (χ3v) is 4.91. The van der Waals surface area contributed by atoms with Crippen LogP contribution < -0.4 is 0 Å². The van der Waals surface area contributed by atoms with Gasteiger partial charge in [0.15, 0.2) is 17.4 Å². The zero-order chi connectivity index (χ0) is 18.1. The van der Waals surface area contributed by atoms with Crippen LogP contribution >= 0.6 is 0 Å². The first kappa shape index (κ1) is 16.9. The molecule has 0 radical (unpaired) electrons. The number of hydrogen-bond acceptors (Lipinski definition) is 4. The number of benzene rings is 1. The molecule has 136 valence electrons. The summed E-state index contributed by atoms with van der Waals surface area (Å²) in [6.45, 7) is 3.03.